The van der Waals surface area contributed by atoms with Crippen LogP contribution in [0.3, 0.4) is 0 Å². The first kappa shape index (κ1) is 19.7. The van der Waals surface area contributed by atoms with Crippen LogP contribution in [-0.2, 0) is 0 Å². The lowest BCUT2D eigenvalue weighted by Crippen LogP contribution is -2.00. The van der Waals surface area contributed by atoms with Gasteiger partial charge in [-0.25, -0.2) is 4.79 Å². The van der Waals surface area contributed by atoms with E-state index in [4.69, 9.17) is 21.4 Å². The maximum absolute atomic E-state index is 11.2. The molecule has 0 aliphatic carbocycles. The molecular formula is C22H21ClN2O3. The number of aryl methyl sites for hydroxylation is 1. The van der Waals surface area contributed by atoms with Gasteiger partial charge in [0.1, 0.15) is 5.75 Å². The van der Waals surface area contributed by atoms with E-state index in [1.54, 1.807) is 12.3 Å². The molecular weight excluding hydrogens is 376 g/mol. The van der Waals surface area contributed by atoms with Gasteiger partial charge in [0.15, 0.2) is 0 Å². The fraction of sp³-hybridized carbons (Fsp3) is 0.182. The Morgan fingerprint density at radius 2 is 1.89 bits per heavy atom. The minimum atomic E-state index is -1.01. The average molecular weight is 397 g/mol. The van der Waals surface area contributed by atoms with Crippen molar-refractivity contribution in [1.29, 1.82) is 0 Å². The second kappa shape index (κ2) is 8.31. The Labute approximate surface area is 168 Å². The third kappa shape index (κ3) is 4.10. The first-order chi connectivity index (χ1) is 13.4. The van der Waals surface area contributed by atoms with E-state index in [9.17, 15) is 4.79 Å². The highest BCUT2D eigenvalue weighted by Gasteiger charge is 2.11. The number of ether oxygens (including phenoxy) is 1. The summed E-state index contributed by atoms with van der Waals surface area (Å²) in [5.74, 6) is -0.176. The maximum Gasteiger partial charge on any atom is 0.335 e. The normalized spacial score (nSPS) is 11.1. The minimum Gasteiger partial charge on any atom is -0.494 e. The van der Waals surface area contributed by atoms with Crippen molar-refractivity contribution in [1.82, 2.24) is 4.57 Å². The van der Waals surface area contributed by atoms with E-state index in [2.05, 4.69) is 9.56 Å². The Bertz CT molecular complexity index is 1040. The number of aromatic carboxylic acids is 1. The lowest BCUT2D eigenvalue weighted by Gasteiger charge is -2.11. The van der Waals surface area contributed by atoms with Crippen LogP contribution in [0.15, 0.2) is 53.5 Å². The lowest BCUT2D eigenvalue weighted by molar-refractivity contribution is 0.0697. The number of nitrogens with zero attached hydrogens (tertiary/aromatic N) is 2. The van der Waals surface area contributed by atoms with Crippen molar-refractivity contribution >= 4 is 29.5 Å². The first-order valence-electron chi connectivity index (χ1n) is 8.89. The molecule has 0 saturated heterocycles. The van der Waals surface area contributed by atoms with Gasteiger partial charge in [-0.1, -0.05) is 11.6 Å². The van der Waals surface area contributed by atoms with Crippen molar-refractivity contribution in [3.05, 3.63) is 76.1 Å². The molecule has 3 aromatic rings. The fourth-order valence-electron chi connectivity index (χ4n) is 3.06. The third-order valence-electron chi connectivity index (χ3n) is 4.41. The van der Waals surface area contributed by atoms with Crippen molar-refractivity contribution in [2.24, 2.45) is 4.99 Å². The van der Waals surface area contributed by atoms with E-state index in [-0.39, 0.29) is 5.56 Å². The molecule has 0 atom stereocenters. The van der Waals surface area contributed by atoms with Crippen LogP contribution < -0.4 is 4.74 Å². The van der Waals surface area contributed by atoms with Crippen molar-refractivity contribution in [2.45, 2.75) is 20.8 Å². The summed E-state index contributed by atoms with van der Waals surface area (Å²) >= 11 is 6.16. The number of rotatable bonds is 6. The number of carbonyl (C=O) groups is 1. The SMILES string of the molecule is CCOc1ccc(-n2c(C)cc(C=Nc3cc(C(=O)O)ccc3Cl)c2C)cc1. The van der Waals surface area contributed by atoms with Gasteiger partial charge >= 0.3 is 5.97 Å². The van der Waals surface area contributed by atoms with Crippen LogP contribution in [0.25, 0.3) is 5.69 Å². The second-order valence-electron chi connectivity index (χ2n) is 6.32. The number of hydrogen-bond donors (Lipinski definition) is 1. The molecule has 3 rings (SSSR count). The average Bonchev–Trinajstić information content (AvgIpc) is 2.95. The molecule has 0 saturated carbocycles. The number of aromatic nitrogens is 1. The van der Waals surface area contributed by atoms with Crippen LogP contribution >= 0.6 is 11.6 Å². The molecule has 6 heteroatoms. The van der Waals surface area contributed by atoms with Crippen LogP contribution in [0.4, 0.5) is 5.69 Å². The van der Waals surface area contributed by atoms with Gasteiger partial charge in [-0.15, -0.1) is 0 Å². The molecule has 5 nitrogen and oxygen atoms in total. The predicted molar refractivity (Wildman–Crippen MR) is 112 cm³/mol. The topological polar surface area (TPSA) is 63.8 Å². The van der Waals surface area contributed by atoms with Crippen LogP contribution in [0.1, 0.15) is 34.2 Å². The molecule has 0 amide bonds. The minimum absolute atomic E-state index is 0.149. The highest BCUT2D eigenvalue weighted by molar-refractivity contribution is 6.33. The van der Waals surface area contributed by atoms with Crippen LogP contribution in [0.5, 0.6) is 5.75 Å². The summed E-state index contributed by atoms with van der Waals surface area (Å²) in [7, 11) is 0. The summed E-state index contributed by atoms with van der Waals surface area (Å²) < 4.78 is 7.63. The van der Waals surface area contributed by atoms with Crippen molar-refractivity contribution in [3.63, 3.8) is 0 Å². The summed E-state index contributed by atoms with van der Waals surface area (Å²) in [4.78, 5) is 15.6. The number of benzene rings is 2. The smallest absolute Gasteiger partial charge is 0.335 e. The molecule has 0 bridgehead atoms. The van der Waals surface area contributed by atoms with Crippen molar-refractivity contribution < 1.29 is 14.6 Å². The first-order valence-corrected chi connectivity index (χ1v) is 9.27. The summed E-state index contributed by atoms with van der Waals surface area (Å²) in [5, 5.41) is 9.55. The van der Waals surface area contributed by atoms with Crippen LogP contribution in [0.2, 0.25) is 5.02 Å². The highest BCUT2D eigenvalue weighted by Crippen LogP contribution is 2.27. The van der Waals surface area contributed by atoms with Crippen molar-refractivity contribution in [2.75, 3.05) is 6.61 Å². The van der Waals surface area contributed by atoms with Crippen LogP contribution in [0, 0.1) is 13.8 Å². The summed E-state index contributed by atoms with van der Waals surface area (Å²) in [6.45, 7) is 6.63. The van der Waals surface area contributed by atoms with E-state index in [1.807, 2.05) is 51.1 Å². The Morgan fingerprint density at radius 1 is 1.18 bits per heavy atom. The standard InChI is InChI=1S/C22H21ClN2O3/c1-4-28-19-8-6-18(7-9-19)25-14(2)11-17(15(25)3)13-24-21-12-16(22(26)27)5-10-20(21)23/h5-13H,4H2,1-3H3,(H,26,27). The molecule has 0 fully saturated rings. The zero-order valence-electron chi connectivity index (χ0n) is 15.9. The Kier molecular flexibility index (Phi) is 5.85. The molecule has 144 valence electrons. The zero-order valence-corrected chi connectivity index (χ0v) is 16.7. The fourth-order valence-corrected chi connectivity index (χ4v) is 3.22. The quantitative estimate of drug-likeness (QED) is 0.552. The molecule has 0 spiro atoms. The molecule has 0 aliphatic heterocycles. The van der Waals surface area contributed by atoms with Gasteiger partial charge < -0.3 is 14.4 Å². The molecule has 0 unspecified atom stereocenters. The zero-order chi connectivity index (χ0) is 20.3. The van der Waals surface area contributed by atoms with Gasteiger partial charge in [0, 0.05) is 28.9 Å². The molecule has 2 aromatic carbocycles. The van der Waals surface area contributed by atoms with Gasteiger partial charge in [-0.3, -0.25) is 4.99 Å². The van der Waals surface area contributed by atoms with Crippen LogP contribution in [-0.4, -0.2) is 28.5 Å². The van der Waals surface area contributed by atoms with E-state index in [1.165, 1.54) is 12.1 Å². The molecule has 1 N–H and O–H groups in total. The maximum atomic E-state index is 11.2. The number of hydrogen-bond acceptors (Lipinski definition) is 3. The summed E-state index contributed by atoms with van der Waals surface area (Å²) in [5.41, 5.74) is 4.63. The van der Waals surface area contributed by atoms with Gasteiger partial charge in [-0.2, -0.15) is 0 Å². The summed E-state index contributed by atoms with van der Waals surface area (Å²) in [6, 6.07) is 14.4. The molecule has 0 aliphatic rings. The van der Waals surface area contributed by atoms with E-state index >= 15 is 0 Å². The largest absolute Gasteiger partial charge is 0.494 e. The third-order valence-corrected chi connectivity index (χ3v) is 4.73. The van der Waals surface area contributed by atoms with Gasteiger partial charge in [-0.05, 0) is 69.3 Å². The number of carboxylic acid groups (broad SMARTS) is 1. The molecule has 1 heterocycles. The Hall–Kier alpha value is -3.05. The second-order valence-corrected chi connectivity index (χ2v) is 6.73. The van der Waals surface area contributed by atoms with E-state index < -0.39 is 5.97 Å². The molecule has 0 radical (unpaired) electrons. The number of carboxylic acids is 1. The highest BCUT2D eigenvalue weighted by atomic mass is 35.5. The van der Waals surface area contributed by atoms with Gasteiger partial charge in [0.05, 0.1) is 22.9 Å². The lowest BCUT2D eigenvalue weighted by atomic mass is 10.2. The molecule has 1 aromatic heterocycles. The van der Waals surface area contributed by atoms with E-state index in [0.29, 0.717) is 17.3 Å². The molecule has 28 heavy (non-hydrogen) atoms. The number of aliphatic imine (C=N–C) groups is 1. The summed E-state index contributed by atoms with van der Waals surface area (Å²) in [6.07, 6.45) is 1.71. The Morgan fingerprint density at radius 3 is 2.54 bits per heavy atom. The predicted octanol–water partition coefficient (Wildman–Crippen LogP) is 5.60. The van der Waals surface area contributed by atoms with Gasteiger partial charge in [0.25, 0.3) is 0 Å². The van der Waals surface area contributed by atoms with E-state index in [0.717, 1.165) is 28.4 Å². The van der Waals surface area contributed by atoms with Gasteiger partial charge in [0.2, 0.25) is 0 Å². The number of halogens is 1. The van der Waals surface area contributed by atoms with Crippen molar-refractivity contribution in [3.8, 4) is 11.4 Å². The monoisotopic (exact) mass is 396 g/mol. The Balaban J connectivity index is 1.93.